The second-order valence-electron chi connectivity index (χ2n) is 8.05. The van der Waals surface area contributed by atoms with Gasteiger partial charge in [-0.1, -0.05) is 60.2 Å². The van der Waals surface area contributed by atoms with Crippen molar-refractivity contribution in [1.82, 2.24) is 15.5 Å². The van der Waals surface area contributed by atoms with Crippen LogP contribution in [0.2, 0.25) is 0 Å². The molecule has 8 heteroatoms. The number of piperazine rings is 1. The number of esters is 1. The first-order valence-corrected chi connectivity index (χ1v) is 11.7. The highest BCUT2D eigenvalue weighted by Gasteiger charge is 2.34. The Morgan fingerprint density at radius 2 is 1.91 bits per heavy atom. The smallest absolute Gasteiger partial charge is 0.308 e. The van der Waals surface area contributed by atoms with Crippen LogP contribution >= 0.6 is 12.2 Å². The highest BCUT2D eigenvalue weighted by molar-refractivity contribution is 7.80. The van der Waals surface area contributed by atoms with Crippen LogP contribution in [0.3, 0.4) is 0 Å². The third-order valence-electron chi connectivity index (χ3n) is 5.40. The van der Waals surface area contributed by atoms with E-state index >= 15 is 0 Å². The molecule has 1 atom stereocenters. The summed E-state index contributed by atoms with van der Waals surface area (Å²) in [4.78, 5) is 38.7. The number of rotatable bonds is 8. The van der Waals surface area contributed by atoms with E-state index in [4.69, 9.17) is 17.0 Å². The summed E-state index contributed by atoms with van der Waals surface area (Å²) in [6.07, 6.45) is 4.42. The standard InChI is InChI=1S/C26H29N3O4S/c1-19-9-11-21(12-10-19)13-14-23(30)28-26(34)29-16-15-27-25(32)22(29)18-24(31)33-17-5-8-20-6-3-2-4-7-20/h2-4,6-7,9-14,22H,5,8,15-18H2,1H3,(H,27,32)(H,28,30,34)/b14-13+. The molecule has 0 radical (unpaired) electrons. The van der Waals surface area contributed by atoms with Crippen LogP contribution in [-0.4, -0.2) is 53.5 Å². The minimum Gasteiger partial charge on any atom is -0.466 e. The van der Waals surface area contributed by atoms with Crippen LogP contribution in [0.15, 0.2) is 60.7 Å². The van der Waals surface area contributed by atoms with Crippen molar-refractivity contribution in [1.29, 1.82) is 0 Å². The van der Waals surface area contributed by atoms with Gasteiger partial charge in [-0.2, -0.15) is 0 Å². The lowest BCUT2D eigenvalue weighted by Crippen LogP contribution is -2.60. The van der Waals surface area contributed by atoms with Gasteiger partial charge in [0, 0.05) is 19.2 Å². The Morgan fingerprint density at radius 3 is 2.65 bits per heavy atom. The Hall–Kier alpha value is -3.52. The Balaban J connectivity index is 1.49. The maximum absolute atomic E-state index is 12.4. The number of nitrogens with one attached hydrogen (secondary N) is 2. The van der Waals surface area contributed by atoms with Gasteiger partial charge in [0.15, 0.2) is 5.11 Å². The molecule has 1 fully saturated rings. The lowest BCUT2D eigenvalue weighted by molar-refractivity contribution is -0.147. The van der Waals surface area contributed by atoms with E-state index in [1.165, 1.54) is 11.6 Å². The number of ether oxygens (including phenoxy) is 1. The van der Waals surface area contributed by atoms with E-state index in [0.717, 1.165) is 17.5 Å². The van der Waals surface area contributed by atoms with Crippen LogP contribution < -0.4 is 10.6 Å². The fourth-order valence-corrected chi connectivity index (χ4v) is 3.87. The second-order valence-corrected chi connectivity index (χ2v) is 8.44. The first-order valence-electron chi connectivity index (χ1n) is 11.3. The molecule has 0 aromatic heterocycles. The summed E-state index contributed by atoms with van der Waals surface area (Å²) < 4.78 is 5.33. The van der Waals surface area contributed by atoms with Gasteiger partial charge in [-0.15, -0.1) is 0 Å². The van der Waals surface area contributed by atoms with Crippen molar-refractivity contribution >= 4 is 41.2 Å². The number of thiocarbonyl (C=S) groups is 1. The Bertz CT molecular complexity index is 1040. The molecule has 1 heterocycles. The number of carbonyl (C=O) groups excluding carboxylic acids is 3. The number of nitrogens with zero attached hydrogens (tertiary/aromatic N) is 1. The summed E-state index contributed by atoms with van der Waals surface area (Å²) in [6, 6.07) is 16.9. The van der Waals surface area contributed by atoms with E-state index in [2.05, 4.69) is 10.6 Å². The minimum absolute atomic E-state index is 0.107. The van der Waals surface area contributed by atoms with Crippen LogP contribution in [-0.2, 0) is 25.5 Å². The molecule has 34 heavy (non-hydrogen) atoms. The summed E-state index contributed by atoms with van der Waals surface area (Å²) in [5.74, 6) is -1.20. The lowest BCUT2D eigenvalue weighted by atomic mass is 10.1. The number of hydrogen-bond donors (Lipinski definition) is 2. The molecule has 178 valence electrons. The molecule has 0 aliphatic carbocycles. The van der Waals surface area contributed by atoms with E-state index in [0.29, 0.717) is 19.5 Å². The number of amides is 2. The quantitative estimate of drug-likeness (QED) is 0.262. The molecule has 2 amide bonds. The van der Waals surface area contributed by atoms with E-state index in [9.17, 15) is 14.4 Å². The van der Waals surface area contributed by atoms with E-state index in [1.54, 1.807) is 11.0 Å². The molecule has 2 aromatic rings. The zero-order valence-electron chi connectivity index (χ0n) is 19.2. The van der Waals surface area contributed by atoms with Crippen LogP contribution in [0.25, 0.3) is 6.08 Å². The van der Waals surface area contributed by atoms with Gasteiger partial charge < -0.3 is 15.0 Å². The second kappa shape index (κ2) is 12.6. The van der Waals surface area contributed by atoms with Crippen LogP contribution in [0.4, 0.5) is 0 Å². The van der Waals surface area contributed by atoms with Crippen molar-refractivity contribution in [3.8, 4) is 0 Å². The van der Waals surface area contributed by atoms with Crippen molar-refractivity contribution in [3.05, 3.63) is 77.4 Å². The van der Waals surface area contributed by atoms with Gasteiger partial charge >= 0.3 is 5.97 Å². The van der Waals surface area contributed by atoms with Gasteiger partial charge in [0.05, 0.1) is 13.0 Å². The molecular formula is C26H29N3O4S. The summed E-state index contributed by atoms with van der Waals surface area (Å²) in [7, 11) is 0. The Morgan fingerprint density at radius 1 is 1.18 bits per heavy atom. The largest absolute Gasteiger partial charge is 0.466 e. The molecule has 0 saturated carbocycles. The maximum Gasteiger partial charge on any atom is 0.308 e. The average molecular weight is 480 g/mol. The van der Waals surface area contributed by atoms with E-state index < -0.39 is 17.9 Å². The minimum atomic E-state index is -0.829. The molecule has 0 bridgehead atoms. The number of hydrogen-bond acceptors (Lipinski definition) is 5. The Labute approximate surface area is 205 Å². The average Bonchev–Trinajstić information content (AvgIpc) is 2.83. The normalized spacial score (nSPS) is 15.6. The molecule has 7 nitrogen and oxygen atoms in total. The topological polar surface area (TPSA) is 87.7 Å². The fraction of sp³-hybridized carbons (Fsp3) is 0.308. The van der Waals surface area contributed by atoms with Crippen LogP contribution in [0.5, 0.6) is 0 Å². The van der Waals surface area contributed by atoms with Crippen molar-refractivity contribution in [2.45, 2.75) is 32.2 Å². The van der Waals surface area contributed by atoms with Crippen molar-refractivity contribution in [2.24, 2.45) is 0 Å². The van der Waals surface area contributed by atoms with Gasteiger partial charge in [0.2, 0.25) is 11.8 Å². The lowest BCUT2D eigenvalue weighted by Gasteiger charge is -2.36. The van der Waals surface area contributed by atoms with Crippen LogP contribution in [0.1, 0.15) is 29.5 Å². The number of carbonyl (C=O) groups is 3. The summed E-state index contributed by atoms with van der Waals surface area (Å²) in [6.45, 7) is 3.02. The van der Waals surface area contributed by atoms with E-state index in [1.807, 2.05) is 61.5 Å². The first-order chi connectivity index (χ1) is 16.4. The zero-order chi connectivity index (χ0) is 24.3. The fourth-order valence-electron chi connectivity index (χ4n) is 3.55. The molecule has 1 unspecified atom stereocenters. The summed E-state index contributed by atoms with van der Waals surface area (Å²) in [5, 5.41) is 5.47. The third-order valence-corrected chi connectivity index (χ3v) is 5.74. The molecule has 2 aromatic carbocycles. The van der Waals surface area contributed by atoms with Crippen LogP contribution in [0, 0.1) is 6.92 Å². The summed E-state index contributed by atoms with van der Waals surface area (Å²) >= 11 is 5.37. The van der Waals surface area contributed by atoms with E-state index in [-0.39, 0.29) is 24.0 Å². The molecular weight excluding hydrogens is 450 g/mol. The molecule has 2 N–H and O–H groups in total. The van der Waals surface area contributed by atoms with Crippen molar-refractivity contribution in [3.63, 3.8) is 0 Å². The molecule has 0 spiro atoms. The number of aryl methyl sites for hydroxylation is 2. The maximum atomic E-state index is 12.4. The third kappa shape index (κ3) is 7.81. The number of benzene rings is 2. The van der Waals surface area contributed by atoms with Gasteiger partial charge in [-0.25, -0.2) is 0 Å². The molecule has 1 aliphatic rings. The highest BCUT2D eigenvalue weighted by atomic mass is 32.1. The Kier molecular flexibility index (Phi) is 9.34. The monoisotopic (exact) mass is 479 g/mol. The summed E-state index contributed by atoms with van der Waals surface area (Å²) in [5.41, 5.74) is 3.19. The molecule has 3 rings (SSSR count). The molecule has 1 aliphatic heterocycles. The highest BCUT2D eigenvalue weighted by Crippen LogP contribution is 2.12. The first kappa shape index (κ1) is 25.1. The van der Waals surface area contributed by atoms with Gasteiger partial charge in [-0.05, 0) is 49.2 Å². The van der Waals surface area contributed by atoms with Gasteiger partial charge in [-0.3, -0.25) is 19.7 Å². The van der Waals surface area contributed by atoms with Gasteiger partial charge in [0.1, 0.15) is 6.04 Å². The van der Waals surface area contributed by atoms with Crippen molar-refractivity contribution < 1.29 is 19.1 Å². The molecule has 1 saturated heterocycles. The predicted molar refractivity (Wildman–Crippen MR) is 135 cm³/mol. The van der Waals surface area contributed by atoms with Gasteiger partial charge in [0.25, 0.3) is 0 Å². The SMILES string of the molecule is Cc1ccc(/C=C/C(=O)NC(=S)N2CCNC(=O)C2CC(=O)OCCCc2ccccc2)cc1. The van der Waals surface area contributed by atoms with Crippen molar-refractivity contribution in [2.75, 3.05) is 19.7 Å². The predicted octanol–water partition coefficient (Wildman–Crippen LogP) is 2.78. The zero-order valence-corrected chi connectivity index (χ0v) is 20.0.